The van der Waals surface area contributed by atoms with Crippen LogP contribution in [0.4, 0.5) is 5.13 Å². The minimum absolute atomic E-state index is 0.0935. The zero-order valence-corrected chi connectivity index (χ0v) is 21.9. The Balaban J connectivity index is 1.96. The molecule has 4 rings (SSSR count). The maximum absolute atomic E-state index is 13.3. The summed E-state index contributed by atoms with van der Waals surface area (Å²) in [6.07, 6.45) is 0. The molecule has 1 unspecified atom stereocenters. The van der Waals surface area contributed by atoms with E-state index in [9.17, 15) is 19.5 Å². The summed E-state index contributed by atoms with van der Waals surface area (Å²) in [5.74, 6) is -2.22. The Morgan fingerprint density at radius 2 is 1.81 bits per heavy atom. The molecule has 11 heteroatoms. The van der Waals surface area contributed by atoms with Gasteiger partial charge in [-0.2, -0.15) is 0 Å². The van der Waals surface area contributed by atoms with E-state index in [1.54, 1.807) is 38.1 Å². The number of aromatic nitrogens is 1. The van der Waals surface area contributed by atoms with Gasteiger partial charge in [-0.25, -0.2) is 9.78 Å². The van der Waals surface area contributed by atoms with Crippen molar-refractivity contribution in [3.8, 4) is 5.75 Å². The fraction of sp³-hybridized carbons (Fsp3) is 0.200. The van der Waals surface area contributed by atoms with E-state index in [-0.39, 0.29) is 31.4 Å². The summed E-state index contributed by atoms with van der Waals surface area (Å²) in [6, 6.07) is 8.46. The number of hydrogen-bond acceptors (Lipinski definition) is 8. The lowest BCUT2D eigenvalue weighted by Crippen LogP contribution is -2.29. The Kier molecular flexibility index (Phi) is 7.08. The first-order valence-corrected chi connectivity index (χ1v) is 12.1. The van der Waals surface area contributed by atoms with Crippen molar-refractivity contribution < 1.29 is 29.0 Å². The molecule has 0 aliphatic carbocycles. The van der Waals surface area contributed by atoms with Gasteiger partial charge in [0.05, 0.1) is 41.6 Å². The summed E-state index contributed by atoms with van der Waals surface area (Å²) in [5, 5.41) is 11.9. The van der Waals surface area contributed by atoms with Crippen LogP contribution in [0, 0.1) is 13.8 Å². The predicted molar refractivity (Wildman–Crippen MR) is 137 cm³/mol. The number of Topliss-reactive ketones (excluding diaryl/α,β-unsaturated/α-hetero) is 1. The summed E-state index contributed by atoms with van der Waals surface area (Å²) in [5.41, 5.74) is 1.64. The number of halogens is 2. The van der Waals surface area contributed by atoms with E-state index >= 15 is 0 Å². The molecule has 1 fully saturated rings. The van der Waals surface area contributed by atoms with Crippen LogP contribution in [0.15, 0.2) is 42.0 Å². The van der Waals surface area contributed by atoms with Crippen LogP contribution in [0.25, 0.3) is 5.76 Å². The first-order valence-electron chi connectivity index (χ1n) is 10.6. The Labute approximate surface area is 220 Å². The van der Waals surface area contributed by atoms with Gasteiger partial charge in [0.2, 0.25) is 0 Å². The van der Waals surface area contributed by atoms with E-state index in [0.29, 0.717) is 22.6 Å². The number of benzene rings is 2. The van der Waals surface area contributed by atoms with Crippen molar-refractivity contribution in [3.05, 3.63) is 79.3 Å². The molecule has 0 saturated carbocycles. The topological polar surface area (TPSA) is 106 Å². The number of carbonyl (C=O) groups excluding carboxylic acids is 3. The van der Waals surface area contributed by atoms with Crippen molar-refractivity contribution in [1.82, 2.24) is 4.98 Å². The molecule has 3 aromatic rings. The number of aryl methyl sites for hydroxylation is 2. The van der Waals surface area contributed by atoms with Gasteiger partial charge in [0.1, 0.15) is 16.4 Å². The normalized spacial score (nSPS) is 16.9. The molecule has 0 bridgehead atoms. The molecular weight excluding hydrogens is 527 g/mol. The third-order valence-corrected chi connectivity index (χ3v) is 7.61. The van der Waals surface area contributed by atoms with E-state index in [4.69, 9.17) is 32.7 Å². The van der Waals surface area contributed by atoms with Crippen LogP contribution >= 0.6 is 34.5 Å². The highest BCUT2D eigenvalue weighted by Gasteiger charge is 2.48. The number of methoxy groups -OCH3 is 2. The first-order chi connectivity index (χ1) is 17.1. The predicted octanol–water partition coefficient (Wildman–Crippen LogP) is 5.49. The molecule has 1 aromatic heterocycles. The molecule has 2 aromatic carbocycles. The van der Waals surface area contributed by atoms with E-state index < -0.39 is 23.7 Å². The molecule has 0 radical (unpaired) electrons. The van der Waals surface area contributed by atoms with Crippen LogP contribution in [-0.4, -0.2) is 42.0 Å². The van der Waals surface area contributed by atoms with E-state index in [1.165, 1.54) is 26.4 Å². The lowest BCUT2D eigenvalue weighted by Gasteiger charge is -2.23. The number of ketones is 1. The molecule has 1 atom stereocenters. The van der Waals surface area contributed by atoms with Gasteiger partial charge in [0.15, 0.2) is 5.13 Å². The van der Waals surface area contributed by atoms with Crippen LogP contribution in [0.1, 0.15) is 38.1 Å². The van der Waals surface area contributed by atoms with Gasteiger partial charge in [-0.15, -0.1) is 0 Å². The number of thiazole rings is 1. The Bertz CT molecular complexity index is 1450. The van der Waals surface area contributed by atoms with Crippen LogP contribution in [0.3, 0.4) is 0 Å². The number of hydrogen-bond donors (Lipinski definition) is 1. The minimum atomic E-state index is -1.08. The molecule has 36 heavy (non-hydrogen) atoms. The lowest BCUT2D eigenvalue weighted by atomic mass is 9.95. The fourth-order valence-electron chi connectivity index (χ4n) is 3.98. The number of anilines is 1. The van der Waals surface area contributed by atoms with Crippen LogP contribution in [0.5, 0.6) is 5.75 Å². The highest BCUT2D eigenvalue weighted by Crippen LogP contribution is 2.45. The van der Waals surface area contributed by atoms with Gasteiger partial charge in [-0.3, -0.25) is 14.5 Å². The quantitative estimate of drug-likeness (QED) is 0.195. The average Bonchev–Trinajstić information content (AvgIpc) is 3.36. The third-order valence-electron chi connectivity index (χ3n) is 5.73. The van der Waals surface area contributed by atoms with Crippen LogP contribution in [-0.2, 0) is 14.3 Å². The van der Waals surface area contributed by atoms with Gasteiger partial charge >= 0.3 is 11.9 Å². The maximum Gasteiger partial charge on any atom is 0.350 e. The molecule has 1 saturated heterocycles. The molecule has 2 heterocycles. The Hall–Kier alpha value is -3.40. The number of aliphatic hydroxyl groups excluding tert-OH is 1. The second-order valence-corrected chi connectivity index (χ2v) is 9.72. The summed E-state index contributed by atoms with van der Waals surface area (Å²) in [7, 11) is 2.76. The Morgan fingerprint density at radius 3 is 2.42 bits per heavy atom. The number of esters is 1. The van der Waals surface area contributed by atoms with Crippen molar-refractivity contribution in [1.29, 1.82) is 0 Å². The number of carbonyl (C=O) groups is 3. The standard InChI is InChI=1S/C25H20Cl2N2O6S/c1-11-9-14(6-8-17(11)34-3)20(30)18-19(13-5-7-15(26)16(27)10-13)29(23(32)21(18)31)25-28-12(2)22(36-25)24(33)35-4/h5-10,19,30H,1-4H3/b20-18+. The Morgan fingerprint density at radius 1 is 1.08 bits per heavy atom. The van der Waals surface area contributed by atoms with E-state index in [1.807, 2.05) is 0 Å². The summed E-state index contributed by atoms with van der Waals surface area (Å²) >= 11 is 13.3. The van der Waals surface area contributed by atoms with Gasteiger partial charge in [0.25, 0.3) is 5.78 Å². The summed E-state index contributed by atoms with van der Waals surface area (Å²) < 4.78 is 10.1. The van der Waals surface area contributed by atoms with Crippen molar-refractivity contribution in [2.75, 3.05) is 19.1 Å². The first kappa shape index (κ1) is 25.7. The fourth-order valence-corrected chi connectivity index (χ4v) is 5.29. The lowest BCUT2D eigenvalue weighted by molar-refractivity contribution is -0.132. The molecule has 1 aliphatic rings. The number of nitrogens with zero attached hydrogens (tertiary/aromatic N) is 2. The largest absolute Gasteiger partial charge is 0.507 e. The summed E-state index contributed by atoms with van der Waals surface area (Å²) in [4.78, 5) is 44.5. The van der Waals surface area contributed by atoms with Gasteiger partial charge in [-0.05, 0) is 55.3 Å². The molecule has 0 spiro atoms. The van der Waals surface area contributed by atoms with E-state index in [0.717, 1.165) is 21.8 Å². The molecule has 1 amide bonds. The van der Waals surface area contributed by atoms with E-state index in [2.05, 4.69) is 4.98 Å². The monoisotopic (exact) mass is 546 g/mol. The highest BCUT2D eigenvalue weighted by molar-refractivity contribution is 7.17. The molecule has 186 valence electrons. The van der Waals surface area contributed by atoms with Gasteiger partial charge < -0.3 is 14.6 Å². The van der Waals surface area contributed by atoms with Crippen molar-refractivity contribution in [2.45, 2.75) is 19.9 Å². The van der Waals surface area contributed by atoms with Gasteiger partial charge in [0, 0.05) is 5.56 Å². The highest BCUT2D eigenvalue weighted by atomic mass is 35.5. The van der Waals surface area contributed by atoms with Gasteiger partial charge in [-0.1, -0.05) is 40.6 Å². The number of amides is 1. The van der Waals surface area contributed by atoms with Crippen molar-refractivity contribution >= 4 is 63.1 Å². The summed E-state index contributed by atoms with van der Waals surface area (Å²) in [6.45, 7) is 3.38. The molecule has 1 N–H and O–H groups in total. The zero-order chi connectivity index (χ0) is 26.3. The minimum Gasteiger partial charge on any atom is -0.507 e. The number of aliphatic hydroxyl groups is 1. The van der Waals surface area contributed by atoms with Crippen molar-refractivity contribution in [2.24, 2.45) is 0 Å². The molecule has 8 nitrogen and oxygen atoms in total. The smallest absolute Gasteiger partial charge is 0.350 e. The van der Waals surface area contributed by atoms with Crippen LogP contribution in [0.2, 0.25) is 10.0 Å². The third kappa shape index (κ3) is 4.34. The molecular formula is C25H20Cl2N2O6S. The molecule has 1 aliphatic heterocycles. The van der Waals surface area contributed by atoms with Crippen LogP contribution < -0.4 is 9.64 Å². The second kappa shape index (κ2) is 9.93. The zero-order valence-electron chi connectivity index (χ0n) is 19.6. The average molecular weight is 547 g/mol. The number of rotatable bonds is 5. The maximum atomic E-state index is 13.3. The SMILES string of the molecule is COC(=O)c1sc(N2C(=O)C(=O)/C(=C(/O)c3ccc(OC)c(C)c3)C2c2ccc(Cl)c(Cl)c2)nc1C. The van der Waals surface area contributed by atoms with Crippen molar-refractivity contribution in [3.63, 3.8) is 0 Å². The second-order valence-electron chi connectivity index (χ2n) is 7.93. The number of ether oxygens (including phenoxy) is 2.